The Labute approximate surface area is 187 Å². The maximum atomic E-state index is 12.9. The Morgan fingerprint density at radius 1 is 1.34 bits per heavy atom. The Morgan fingerprint density at radius 2 is 2.19 bits per heavy atom. The first-order valence-corrected chi connectivity index (χ1v) is 11.1. The Hall–Kier alpha value is -2.75. The van der Waals surface area contributed by atoms with Crippen LogP contribution in [0.4, 0.5) is 0 Å². The van der Waals surface area contributed by atoms with E-state index in [-0.39, 0.29) is 36.5 Å². The van der Waals surface area contributed by atoms with Crippen molar-refractivity contribution >= 4 is 11.8 Å². The molecule has 0 unspecified atom stereocenters. The van der Waals surface area contributed by atoms with Crippen molar-refractivity contribution < 1.29 is 19.1 Å². The van der Waals surface area contributed by atoms with Crippen molar-refractivity contribution in [1.29, 1.82) is 0 Å². The standard InChI is InChI=1S/C23H31N5O4/c1-27-17(4-7-21(30)25-12-16-3-2-9-24-11-16)13-26-23(31)22-20(27)8-10-28(22)14-18-5-6-19(15-29)32-18/h2-3,5-6,9,11,17,20,22,29H,4,7-8,10,12-15H2,1H3,(H,25,30)(H,26,31)/t17-,20+,22-/m0/s1. The molecule has 0 aromatic carbocycles. The summed E-state index contributed by atoms with van der Waals surface area (Å²) >= 11 is 0. The third-order valence-electron chi connectivity index (χ3n) is 6.50. The van der Waals surface area contributed by atoms with E-state index < -0.39 is 0 Å². The molecule has 2 aromatic rings. The number of hydrogen-bond donors (Lipinski definition) is 3. The summed E-state index contributed by atoms with van der Waals surface area (Å²) in [6.45, 7) is 2.19. The fourth-order valence-electron chi connectivity index (χ4n) is 4.71. The van der Waals surface area contributed by atoms with E-state index in [0.29, 0.717) is 38.2 Å². The van der Waals surface area contributed by atoms with Crippen LogP contribution in [-0.2, 0) is 29.3 Å². The van der Waals surface area contributed by atoms with Gasteiger partial charge in [-0.05, 0) is 43.7 Å². The van der Waals surface area contributed by atoms with Crippen LogP contribution in [0, 0.1) is 0 Å². The second-order valence-corrected chi connectivity index (χ2v) is 8.54. The molecule has 4 rings (SSSR count). The van der Waals surface area contributed by atoms with Crippen LogP contribution in [0.1, 0.15) is 36.3 Å². The van der Waals surface area contributed by atoms with Gasteiger partial charge >= 0.3 is 0 Å². The largest absolute Gasteiger partial charge is 0.462 e. The molecule has 2 aliphatic heterocycles. The molecule has 2 aromatic heterocycles. The van der Waals surface area contributed by atoms with Gasteiger partial charge in [0.25, 0.3) is 0 Å². The van der Waals surface area contributed by atoms with Crippen LogP contribution in [0.3, 0.4) is 0 Å². The monoisotopic (exact) mass is 441 g/mol. The second kappa shape index (κ2) is 10.2. The zero-order valence-electron chi connectivity index (χ0n) is 18.4. The highest BCUT2D eigenvalue weighted by atomic mass is 16.4. The summed E-state index contributed by atoms with van der Waals surface area (Å²) in [4.78, 5) is 33.7. The lowest BCUT2D eigenvalue weighted by molar-refractivity contribution is -0.126. The highest BCUT2D eigenvalue weighted by Gasteiger charge is 2.45. The summed E-state index contributed by atoms with van der Waals surface area (Å²) in [6, 6.07) is 7.33. The van der Waals surface area contributed by atoms with Crippen LogP contribution in [0.25, 0.3) is 0 Å². The SMILES string of the molecule is CN1[C@@H](CCC(=O)NCc2cccnc2)CNC(=O)[C@@H]2[C@H]1CCN2Cc1ccc(CO)o1. The van der Waals surface area contributed by atoms with Crippen molar-refractivity contribution in [2.75, 3.05) is 20.1 Å². The van der Waals surface area contributed by atoms with Gasteiger partial charge < -0.3 is 20.2 Å². The number of fused-ring (bicyclic) bond motifs is 1. The Morgan fingerprint density at radius 3 is 2.94 bits per heavy atom. The molecule has 0 radical (unpaired) electrons. The molecule has 9 heteroatoms. The minimum Gasteiger partial charge on any atom is -0.462 e. The molecule has 4 heterocycles. The number of hydrogen-bond acceptors (Lipinski definition) is 7. The average molecular weight is 442 g/mol. The Balaban J connectivity index is 1.32. The fraction of sp³-hybridized carbons (Fsp3) is 0.522. The highest BCUT2D eigenvalue weighted by Crippen LogP contribution is 2.29. The van der Waals surface area contributed by atoms with Gasteiger partial charge in [-0.2, -0.15) is 0 Å². The number of aromatic nitrogens is 1. The van der Waals surface area contributed by atoms with Crippen molar-refractivity contribution in [3.05, 3.63) is 53.7 Å². The summed E-state index contributed by atoms with van der Waals surface area (Å²) in [6.07, 6.45) is 5.42. The summed E-state index contributed by atoms with van der Waals surface area (Å²) in [7, 11) is 2.05. The number of pyridine rings is 1. The lowest BCUT2D eigenvalue weighted by atomic mass is 10.0. The molecule has 0 spiro atoms. The van der Waals surface area contributed by atoms with Crippen LogP contribution in [0.15, 0.2) is 41.1 Å². The zero-order chi connectivity index (χ0) is 22.5. The average Bonchev–Trinajstić information content (AvgIpc) is 3.42. The predicted octanol–water partition coefficient (Wildman–Crippen LogP) is 0.637. The Bertz CT molecular complexity index is 918. The van der Waals surface area contributed by atoms with Crippen LogP contribution in [-0.4, -0.2) is 70.0 Å². The van der Waals surface area contributed by atoms with E-state index in [4.69, 9.17) is 4.42 Å². The number of nitrogens with one attached hydrogen (secondary N) is 2. The topological polar surface area (TPSA) is 111 Å². The van der Waals surface area contributed by atoms with Crippen molar-refractivity contribution in [1.82, 2.24) is 25.4 Å². The molecule has 172 valence electrons. The van der Waals surface area contributed by atoms with Gasteiger partial charge in [0.1, 0.15) is 24.2 Å². The van der Waals surface area contributed by atoms with Crippen LogP contribution in [0.5, 0.6) is 0 Å². The van der Waals surface area contributed by atoms with Gasteiger partial charge in [0.05, 0.1) is 6.54 Å². The molecule has 9 nitrogen and oxygen atoms in total. The van der Waals surface area contributed by atoms with Gasteiger partial charge in [-0.15, -0.1) is 0 Å². The van der Waals surface area contributed by atoms with Crippen LogP contribution >= 0.6 is 0 Å². The minimum atomic E-state index is -0.257. The number of carbonyl (C=O) groups excluding carboxylic acids is 2. The van der Waals surface area contributed by atoms with Crippen LogP contribution in [0.2, 0.25) is 0 Å². The van der Waals surface area contributed by atoms with Crippen LogP contribution < -0.4 is 10.6 Å². The number of carbonyl (C=O) groups is 2. The van der Waals surface area contributed by atoms with Gasteiger partial charge in [0, 0.05) is 50.5 Å². The normalized spacial score (nSPS) is 24.1. The number of rotatable bonds is 8. The van der Waals surface area contributed by atoms with Gasteiger partial charge in [-0.1, -0.05) is 6.07 Å². The molecular weight excluding hydrogens is 410 g/mol. The van der Waals surface area contributed by atoms with Crippen molar-refractivity contribution in [3.8, 4) is 0 Å². The van der Waals surface area contributed by atoms with Crippen molar-refractivity contribution in [2.24, 2.45) is 0 Å². The molecule has 2 amide bonds. The number of aliphatic hydroxyl groups is 1. The maximum Gasteiger partial charge on any atom is 0.239 e. The predicted molar refractivity (Wildman–Crippen MR) is 117 cm³/mol. The van der Waals surface area contributed by atoms with E-state index in [9.17, 15) is 14.7 Å². The quantitative estimate of drug-likeness (QED) is 0.551. The number of amides is 2. The van der Waals surface area contributed by atoms with Gasteiger partial charge in [0.15, 0.2) is 0 Å². The summed E-state index contributed by atoms with van der Waals surface area (Å²) in [5, 5.41) is 15.2. The van der Waals surface area contributed by atoms with E-state index in [2.05, 4.69) is 32.5 Å². The molecule has 3 N–H and O–H groups in total. The molecule has 3 atom stereocenters. The zero-order valence-corrected chi connectivity index (χ0v) is 18.4. The minimum absolute atomic E-state index is 0.0000631. The second-order valence-electron chi connectivity index (χ2n) is 8.54. The molecule has 0 saturated carbocycles. The number of aliphatic hydroxyl groups excluding tert-OH is 1. The molecule has 2 fully saturated rings. The molecule has 32 heavy (non-hydrogen) atoms. The van der Waals surface area contributed by atoms with E-state index in [1.54, 1.807) is 18.5 Å². The van der Waals surface area contributed by atoms with Crippen molar-refractivity contribution in [2.45, 2.75) is 57.1 Å². The smallest absolute Gasteiger partial charge is 0.239 e. The Kier molecular flexibility index (Phi) is 7.19. The van der Waals surface area contributed by atoms with Gasteiger partial charge in [0.2, 0.25) is 11.8 Å². The van der Waals surface area contributed by atoms with Gasteiger partial charge in [-0.3, -0.25) is 24.4 Å². The number of nitrogens with zero attached hydrogens (tertiary/aromatic N) is 3. The first kappa shape index (κ1) is 22.4. The van der Waals surface area contributed by atoms with E-state index in [0.717, 1.165) is 24.3 Å². The lowest BCUT2D eigenvalue weighted by Gasteiger charge is -2.33. The first-order chi connectivity index (χ1) is 15.5. The summed E-state index contributed by atoms with van der Waals surface area (Å²) in [5.74, 6) is 1.30. The summed E-state index contributed by atoms with van der Waals surface area (Å²) in [5.41, 5.74) is 0.969. The number of likely N-dealkylation sites (N-methyl/N-ethyl adjacent to an activating group) is 1. The van der Waals surface area contributed by atoms with E-state index in [1.807, 2.05) is 18.2 Å². The van der Waals surface area contributed by atoms with Crippen molar-refractivity contribution in [3.63, 3.8) is 0 Å². The van der Waals surface area contributed by atoms with Gasteiger partial charge in [-0.25, -0.2) is 0 Å². The molecule has 2 aliphatic rings. The molecule has 0 aliphatic carbocycles. The molecule has 2 saturated heterocycles. The maximum absolute atomic E-state index is 12.9. The van der Waals surface area contributed by atoms with E-state index >= 15 is 0 Å². The lowest BCUT2D eigenvalue weighted by Crippen LogP contribution is -2.49. The molecular formula is C23H31N5O4. The molecule has 0 bridgehead atoms. The fourth-order valence-corrected chi connectivity index (χ4v) is 4.71. The number of furan rings is 1. The first-order valence-electron chi connectivity index (χ1n) is 11.1. The highest BCUT2D eigenvalue weighted by molar-refractivity contribution is 5.83. The summed E-state index contributed by atoms with van der Waals surface area (Å²) < 4.78 is 5.62. The number of likely N-dealkylation sites (tertiary alicyclic amines) is 1. The third-order valence-corrected chi connectivity index (χ3v) is 6.50. The van der Waals surface area contributed by atoms with E-state index in [1.165, 1.54) is 0 Å². The third kappa shape index (κ3) is 5.17.